The average Bonchev–Trinajstić information content (AvgIpc) is 3.05. The molecule has 1 N–H and O–H groups in total. The van der Waals surface area contributed by atoms with Crippen LogP contribution < -0.4 is 5.32 Å². The van der Waals surface area contributed by atoms with Crippen molar-refractivity contribution in [1.82, 2.24) is 20.3 Å². The topological polar surface area (TPSA) is 73.0 Å². The first-order chi connectivity index (χ1) is 8.84. The largest absolute Gasteiger partial charge is 0.467 e. The highest BCUT2D eigenvalue weighted by atomic mass is 16.3. The molecule has 3 aromatic rings. The SMILES string of the molecule is O=C(NCc1ccco1)n1nnc2ccccc21. The van der Waals surface area contributed by atoms with E-state index in [0.29, 0.717) is 23.3 Å². The number of fused-ring (bicyclic) bond motifs is 1. The first kappa shape index (κ1) is 10.5. The zero-order chi connectivity index (χ0) is 12.4. The van der Waals surface area contributed by atoms with Crippen molar-refractivity contribution in [2.75, 3.05) is 0 Å². The number of hydrogen-bond acceptors (Lipinski definition) is 4. The number of amides is 1. The van der Waals surface area contributed by atoms with Crippen LogP contribution in [0.1, 0.15) is 5.76 Å². The van der Waals surface area contributed by atoms with Gasteiger partial charge in [0.25, 0.3) is 0 Å². The molecular weight excluding hydrogens is 232 g/mol. The minimum atomic E-state index is -0.333. The van der Waals surface area contributed by atoms with Gasteiger partial charge >= 0.3 is 6.03 Å². The van der Waals surface area contributed by atoms with E-state index in [1.807, 2.05) is 12.1 Å². The van der Waals surface area contributed by atoms with Crippen LogP contribution in [0.15, 0.2) is 47.1 Å². The lowest BCUT2D eigenvalue weighted by molar-refractivity contribution is 0.238. The minimum Gasteiger partial charge on any atom is -0.467 e. The van der Waals surface area contributed by atoms with Crippen LogP contribution in [0.2, 0.25) is 0 Å². The molecule has 90 valence electrons. The van der Waals surface area contributed by atoms with Crippen molar-refractivity contribution in [2.45, 2.75) is 6.54 Å². The lowest BCUT2D eigenvalue weighted by Gasteiger charge is -2.02. The van der Waals surface area contributed by atoms with Crippen molar-refractivity contribution in [3.05, 3.63) is 48.4 Å². The molecule has 0 saturated heterocycles. The summed E-state index contributed by atoms with van der Waals surface area (Å²) in [7, 11) is 0. The van der Waals surface area contributed by atoms with Crippen molar-refractivity contribution in [3.63, 3.8) is 0 Å². The Morgan fingerprint density at radius 1 is 1.28 bits per heavy atom. The number of furan rings is 1. The van der Waals surface area contributed by atoms with Gasteiger partial charge in [0, 0.05) is 0 Å². The van der Waals surface area contributed by atoms with E-state index < -0.39 is 0 Å². The molecule has 0 aliphatic carbocycles. The summed E-state index contributed by atoms with van der Waals surface area (Å²) < 4.78 is 6.36. The number of benzene rings is 1. The van der Waals surface area contributed by atoms with E-state index in [0.717, 1.165) is 0 Å². The highest BCUT2D eigenvalue weighted by Crippen LogP contribution is 2.09. The normalized spacial score (nSPS) is 10.7. The van der Waals surface area contributed by atoms with Gasteiger partial charge in [-0.1, -0.05) is 17.3 Å². The first-order valence-electron chi connectivity index (χ1n) is 5.45. The van der Waals surface area contributed by atoms with Crippen LogP contribution in [0.5, 0.6) is 0 Å². The maximum absolute atomic E-state index is 11.9. The third-order valence-corrected chi connectivity index (χ3v) is 2.54. The van der Waals surface area contributed by atoms with E-state index in [1.54, 1.807) is 30.5 Å². The lowest BCUT2D eigenvalue weighted by atomic mass is 10.3. The molecule has 0 aliphatic rings. The fourth-order valence-electron chi connectivity index (χ4n) is 1.67. The zero-order valence-corrected chi connectivity index (χ0v) is 9.41. The Bertz CT molecular complexity index is 672. The third-order valence-electron chi connectivity index (χ3n) is 2.54. The molecule has 1 amide bonds. The predicted molar refractivity (Wildman–Crippen MR) is 63.9 cm³/mol. The van der Waals surface area contributed by atoms with Crippen molar-refractivity contribution in [1.29, 1.82) is 0 Å². The Morgan fingerprint density at radius 3 is 3.00 bits per heavy atom. The summed E-state index contributed by atoms with van der Waals surface area (Å²) in [4.78, 5) is 11.9. The molecule has 2 heterocycles. The minimum absolute atomic E-state index is 0.319. The highest BCUT2D eigenvalue weighted by molar-refractivity contribution is 5.87. The van der Waals surface area contributed by atoms with Gasteiger partial charge in [-0.05, 0) is 24.3 Å². The quantitative estimate of drug-likeness (QED) is 0.743. The fourth-order valence-corrected chi connectivity index (χ4v) is 1.67. The van der Waals surface area contributed by atoms with E-state index in [-0.39, 0.29) is 6.03 Å². The summed E-state index contributed by atoms with van der Waals surface area (Å²) in [5, 5.41) is 10.4. The van der Waals surface area contributed by atoms with Gasteiger partial charge in [-0.2, -0.15) is 4.68 Å². The Hall–Kier alpha value is -2.63. The molecule has 0 atom stereocenters. The number of nitrogens with one attached hydrogen (secondary N) is 1. The smallest absolute Gasteiger partial charge is 0.344 e. The average molecular weight is 242 g/mol. The maximum atomic E-state index is 11.9. The molecule has 6 heteroatoms. The second-order valence-corrected chi connectivity index (χ2v) is 3.73. The molecule has 18 heavy (non-hydrogen) atoms. The molecule has 3 rings (SSSR count). The molecule has 6 nitrogen and oxygen atoms in total. The lowest BCUT2D eigenvalue weighted by Crippen LogP contribution is -2.28. The van der Waals surface area contributed by atoms with E-state index in [2.05, 4.69) is 15.6 Å². The molecule has 0 saturated carbocycles. The van der Waals surface area contributed by atoms with Gasteiger partial charge in [0.1, 0.15) is 11.3 Å². The number of carbonyl (C=O) groups is 1. The van der Waals surface area contributed by atoms with Gasteiger partial charge in [0.15, 0.2) is 0 Å². The number of nitrogens with zero attached hydrogens (tertiary/aromatic N) is 3. The highest BCUT2D eigenvalue weighted by Gasteiger charge is 2.11. The number of para-hydroxylation sites is 1. The number of rotatable bonds is 2. The number of carbonyl (C=O) groups excluding carboxylic acids is 1. The van der Waals surface area contributed by atoms with Crippen LogP contribution in [-0.4, -0.2) is 21.0 Å². The van der Waals surface area contributed by atoms with Gasteiger partial charge in [-0.3, -0.25) is 0 Å². The maximum Gasteiger partial charge on any atom is 0.344 e. The van der Waals surface area contributed by atoms with E-state index in [4.69, 9.17) is 4.42 Å². The number of hydrogen-bond donors (Lipinski definition) is 1. The summed E-state index contributed by atoms with van der Waals surface area (Å²) in [5.74, 6) is 0.688. The van der Waals surface area contributed by atoms with Gasteiger partial charge in [0.05, 0.1) is 18.3 Å². The van der Waals surface area contributed by atoms with Crippen LogP contribution in [0, 0.1) is 0 Å². The van der Waals surface area contributed by atoms with E-state index in [1.165, 1.54) is 4.68 Å². The fraction of sp³-hybridized carbons (Fsp3) is 0.0833. The van der Waals surface area contributed by atoms with Gasteiger partial charge in [-0.15, -0.1) is 5.10 Å². The van der Waals surface area contributed by atoms with E-state index >= 15 is 0 Å². The third kappa shape index (κ3) is 1.84. The van der Waals surface area contributed by atoms with Crippen molar-refractivity contribution in [2.24, 2.45) is 0 Å². The molecule has 0 radical (unpaired) electrons. The Labute approximate surface area is 102 Å². The molecule has 0 aliphatic heterocycles. The van der Waals surface area contributed by atoms with E-state index in [9.17, 15) is 4.79 Å². The molecule has 0 fully saturated rings. The molecule has 1 aromatic carbocycles. The van der Waals surface area contributed by atoms with Crippen molar-refractivity contribution < 1.29 is 9.21 Å². The molecule has 0 bridgehead atoms. The van der Waals surface area contributed by atoms with Crippen molar-refractivity contribution in [3.8, 4) is 0 Å². The Balaban J connectivity index is 1.80. The molecule has 0 spiro atoms. The van der Waals surface area contributed by atoms with Crippen LogP contribution in [-0.2, 0) is 6.54 Å². The second kappa shape index (κ2) is 4.33. The summed E-state index contributed by atoms with van der Waals surface area (Å²) in [6.45, 7) is 0.319. The van der Waals surface area contributed by atoms with Crippen molar-refractivity contribution >= 4 is 17.1 Å². The second-order valence-electron chi connectivity index (χ2n) is 3.73. The zero-order valence-electron chi connectivity index (χ0n) is 9.41. The molecular formula is C12H10N4O2. The monoisotopic (exact) mass is 242 g/mol. The summed E-state index contributed by atoms with van der Waals surface area (Å²) in [6.07, 6.45) is 1.56. The van der Waals surface area contributed by atoms with Crippen LogP contribution in [0.4, 0.5) is 4.79 Å². The van der Waals surface area contributed by atoms with Gasteiger partial charge < -0.3 is 9.73 Å². The van der Waals surface area contributed by atoms with Crippen LogP contribution >= 0.6 is 0 Å². The van der Waals surface area contributed by atoms with Gasteiger partial charge in [0.2, 0.25) is 0 Å². The summed E-state index contributed by atoms with van der Waals surface area (Å²) in [5.41, 5.74) is 1.36. The summed E-state index contributed by atoms with van der Waals surface area (Å²) in [6, 6.07) is 10.5. The number of aromatic nitrogens is 3. The first-order valence-corrected chi connectivity index (χ1v) is 5.45. The summed E-state index contributed by atoms with van der Waals surface area (Å²) >= 11 is 0. The predicted octanol–water partition coefficient (Wildman–Crippen LogP) is 1.78. The Morgan fingerprint density at radius 2 is 2.17 bits per heavy atom. The van der Waals surface area contributed by atoms with Crippen LogP contribution in [0.25, 0.3) is 11.0 Å². The standard InChI is InChI=1S/C12H10N4O2/c17-12(13-8-9-4-3-7-18-9)16-11-6-2-1-5-10(11)14-15-16/h1-7H,8H2,(H,13,17). The molecule has 0 unspecified atom stereocenters. The van der Waals surface area contributed by atoms with Gasteiger partial charge in [-0.25, -0.2) is 4.79 Å². The van der Waals surface area contributed by atoms with Crippen LogP contribution in [0.3, 0.4) is 0 Å². The molecule has 2 aromatic heterocycles. The Kier molecular flexibility index (Phi) is 2.53.